The molecule has 0 aliphatic carbocycles. The van der Waals surface area contributed by atoms with Crippen LogP contribution in [-0.2, 0) is 20.7 Å². The molecule has 2 aliphatic rings. The lowest BCUT2D eigenvalue weighted by molar-refractivity contribution is -0.182. The lowest BCUT2D eigenvalue weighted by Crippen LogP contribution is -2.65. The van der Waals surface area contributed by atoms with Crippen molar-refractivity contribution in [2.45, 2.75) is 63.2 Å². The molecule has 2 atom stereocenters. The van der Waals surface area contributed by atoms with Crippen molar-refractivity contribution in [2.75, 3.05) is 19.7 Å². The van der Waals surface area contributed by atoms with Crippen LogP contribution in [0.2, 0.25) is 0 Å². The number of halogens is 1. The summed E-state index contributed by atoms with van der Waals surface area (Å²) < 4.78 is 19.3. The number of benzene rings is 1. The molecule has 2 fully saturated rings. The van der Waals surface area contributed by atoms with Gasteiger partial charge in [-0.2, -0.15) is 0 Å². The molecule has 6 nitrogen and oxygen atoms in total. The van der Waals surface area contributed by atoms with E-state index >= 15 is 0 Å². The number of aliphatic hydroxyl groups is 1. The number of amides is 2. The quantitative estimate of drug-likeness (QED) is 0.819. The maximum atomic E-state index is 13.3. The minimum Gasteiger partial charge on any atom is -0.388 e. The highest BCUT2D eigenvalue weighted by Gasteiger charge is 2.50. The number of nitrogens with zero attached hydrogens (tertiary/aromatic N) is 1. The zero-order chi connectivity index (χ0) is 20.4. The topological polar surface area (TPSA) is 78.9 Å². The van der Waals surface area contributed by atoms with Crippen molar-refractivity contribution in [1.82, 2.24) is 10.2 Å². The third-order valence-electron chi connectivity index (χ3n) is 5.99. The molecule has 0 saturated carbocycles. The van der Waals surface area contributed by atoms with Crippen LogP contribution in [0, 0.1) is 5.82 Å². The summed E-state index contributed by atoms with van der Waals surface area (Å²) in [5, 5.41) is 13.3. The fourth-order valence-corrected chi connectivity index (χ4v) is 4.23. The Bertz CT molecular complexity index is 733. The van der Waals surface area contributed by atoms with Gasteiger partial charge in [0.25, 0.3) is 0 Å². The van der Waals surface area contributed by atoms with E-state index in [2.05, 4.69) is 5.32 Å². The van der Waals surface area contributed by atoms with Crippen molar-refractivity contribution >= 4 is 11.8 Å². The van der Waals surface area contributed by atoms with Gasteiger partial charge in [0.2, 0.25) is 11.8 Å². The Hall–Kier alpha value is -1.99. The summed E-state index contributed by atoms with van der Waals surface area (Å²) in [5.41, 5.74) is -0.527. The number of rotatable bonds is 4. The molecule has 2 aliphatic heterocycles. The number of nitrogens with one attached hydrogen (secondary N) is 1. The number of likely N-dealkylation sites (tertiary alicyclic amines) is 1. The summed E-state index contributed by atoms with van der Waals surface area (Å²) in [6.07, 6.45) is 1.57. The number of carbonyl (C=O) groups is 2. The smallest absolute Gasteiger partial charge is 0.226 e. The lowest BCUT2D eigenvalue weighted by Gasteiger charge is -2.52. The number of hydrogen-bond donors (Lipinski definition) is 2. The van der Waals surface area contributed by atoms with Crippen LogP contribution in [0.5, 0.6) is 0 Å². The number of carbonyl (C=O) groups excluding carboxylic acids is 2. The fourth-order valence-electron chi connectivity index (χ4n) is 4.23. The molecular weight excluding hydrogens is 363 g/mol. The van der Waals surface area contributed by atoms with Crippen LogP contribution >= 0.6 is 0 Å². The molecule has 1 spiro atoms. The Kier molecular flexibility index (Phi) is 6.05. The Balaban J connectivity index is 1.60. The van der Waals surface area contributed by atoms with Crippen molar-refractivity contribution in [1.29, 1.82) is 0 Å². The van der Waals surface area contributed by atoms with E-state index in [-0.39, 0.29) is 30.7 Å². The van der Waals surface area contributed by atoms with Crippen molar-refractivity contribution in [3.8, 4) is 0 Å². The molecule has 0 aromatic heterocycles. The molecule has 0 radical (unpaired) electrons. The number of piperidine rings is 1. The SMILES string of the molecule is CCC(=O)N[C@@]1(C)CC2(CCN(C(=O)Cc3cccc(F)c3)CC2)OC[C@@H]1O. The van der Waals surface area contributed by atoms with E-state index in [1.54, 1.807) is 24.0 Å². The second-order valence-electron chi connectivity index (χ2n) is 8.19. The summed E-state index contributed by atoms with van der Waals surface area (Å²) in [4.78, 5) is 26.3. The highest BCUT2D eigenvalue weighted by Crippen LogP contribution is 2.39. The molecule has 0 bridgehead atoms. The van der Waals surface area contributed by atoms with Gasteiger partial charge < -0.3 is 20.1 Å². The molecule has 0 unspecified atom stereocenters. The maximum absolute atomic E-state index is 13.3. The lowest BCUT2D eigenvalue weighted by atomic mass is 9.74. The Morgan fingerprint density at radius 1 is 1.36 bits per heavy atom. The van der Waals surface area contributed by atoms with Gasteiger partial charge in [-0.1, -0.05) is 19.1 Å². The van der Waals surface area contributed by atoms with Gasteiger partial charge in [0.1, 0.15) is 11.9 Å². The van der Waals surface area contributed by atoms with Gasteiger partial charge in [-0.05, 0) is 37.5 Å². The third-order valence-corrected chi connectivity index (χ3v) is 5.99. The predicted molar refractivity (Wildman–Crippen MR) is 102 cm³/mol. The Labute approximate surface area is 165 Å². The minimum absolute atomic E-state index is 0.0293. The zero-order valence-electron chi connectivity index (χ0n) is 16.5. The van der Waals surface area contributed by atoms with Crippen LogP contribution in [0.25, 0.3) is 0 Å². The average Bonchev–Trinajstić information content (AvgIpc) is 2.65. The molecule has 2 heterocycles. The van der Waals surface area contributed by atoms with E-state index in [0.717, 1.165) is 0 Å². The highest BCUT2D eigenvalue weighted by molar-refractivity contribution is 5.79. The molecule has 1 aromatic carbocycles. The van der Waals surface area contributed by atoms with Crippen LogP contribution in [0.15, 0.2) is 24.3 Å². The first-order valence-corrected chi connectivity index (χ1v) is 9.90. The number of hydrogen-bond acceptors (Lipinski definition) is 4. The molecule has 3 rings (SSSR count). The first kappa shape index (κ1) is 20.7. The highest BCUT2D eigenvalue weighted by atomic mass is 19.1. The first-order chi connectivity index (χ1) is 13.3. The van der Waals surface area contributed by atoms with Crippen LogP contribution in [0.3, 0.4) is 0 Å². The van der Waals surface area contributed by atoms with E-state index in [0.29, 0.717) is 44.3 Å². The van der Waals surface area contributed by atoms with E-state index in [9.17, 15) is 19.1 Å². The average molecular weight is 392 g/mol. The first-order valence-electron chi connectivity index (χ1n) is 9.90. The van der Waals surface area contributed by atoms with Gasteiger partial charge in [-0.3, -0.25) is 9.59 Å². The van der Waals surface area contributed by atoms with Gasteiger partial charge in [0.15, 0.2) is 0 Å². The monoisotopic (exact) mass is 392 g/mol. The van der Waals surface area contributed by atoms with Crippen molar-refractivity contribution < 1.29 is 23.8 Å². The standard InChI is InChI=1S/C21H29FN2O4/c1-3-18(26)23-20(2)14-21(28-13-17(20)25)7-9-24(10-8-21)19(27)12-15-5-4-6-16(22)11-15/h4-6,11,17,25H,3,7-10,12-14H2,1-2H3,(H,23,26)/t17-,20-/m0/s1. The fraction of sp³-hybridized carbons (Fsp3) is 0.619. The molecule has 154 valence electrons. The summed E-state index contributed by atoms with van der Waals surface area (Å²) >= 11 is 0. The van der Waals surface area contributed by atoms with Gasteiger partial charge in [0, 0.05) is 25.9 Å². The second kappa shape index (κ2) is 8.17. The van der Waals surface area contributed by atoms with E-state index in [1.165, 1.54) is 12.1 Å². The third kappa shape index (κ3) is 4.52. The molecular formula is C21H29FN2O4. The normalized spacial score (nSPS) is 26.9. The Morgan fingerprint density at radius 2 is 2.07 bits per heavy atom. The summed E-state index contributed by atoms with van der Waals surface area (Å²) in [6.45, 7) is 4.89. The predicted octanol–water partition coefficient (Wildman–Crippen LogP) is 1.80. The van der Waals surface area contributed by atoms with Crippen molar-refractivity contribution in [3.05, 3.63) is 35.6 Å². The molecule has 28 heavy (non-hydrogen) atoms. The zero-order valence-corrected chi connectivity index (χ0v) is 16.5. The van der Waals surface area contributed by atoms with Gasteiger partial charge >= 0.3 is 0 Å². The number of ether oxygens (including phenoxy) is 1. The maximum Gasteiger partial charge on any atom is 0.226 e. The van der Waals surface area contributed by atoms with Crippen LogP contribution < -0.4 is 5.32 Å². The van der Waals surface area contributed by atoms with Crippen molar-refractivity contribution in [2.24, 2.45) is 0 Å². The molecule has 2 amide bonds. The van der Waals surface area contributed by atoms with Gasteiger partial charge in [-0.15, -0.1) is 0 Å². The van der Waals surface area contributed by atoms with Gasteiger partial charge in [-0.25, -0.2) is 4.39 Å². The van der Waals surface area contributed by atoms with Crippen LogP contribution in [0.1, 0.15) is 45.1 Å². The van der Waals surface area contributed by atoms with Gasteiger partial charge in [0.05, 0.1) is 24.2 Å². The summed E-state index contributed by atoms with van der Waals surface area (Å²) in [5.74, 6) is -0.467. The van der Waals surface area contributed by atoms with E-state index < -0.39 is 17.2 Å². The molecule has 7 heteroatoms. The molecule has 2 saturated heterocycles. The molecule has 2 N–H and O–H groups in total. The summed E-state index contributed by atoms with van der Waals surface area (Å²) in [7, 11) is 0. The van der Waals surface area contributed by atoms with E-state index in [4.69, 9.17) is 4.74 Å². The Morgan fingerprint density at radius 3 is 2.71 bits per heavy atom. The van der Waals surface area contributed by atoms with Crippen LogP contribution in [-0.4, -0.2) is 58.8 Å². The second-order valence-corrected chi connectivity index (χ2v) is 8.19. The van der Waals surface area contributed by atoms with E-state index in [1.807, 2.05) is 6.92 Å². The largest absolute Gasteiger partial charge is 0.388 e. The molecule has 1 aromatic rings. The van der Waals surface area contributed by atoms with Crippen molar-refractivity contribution in [3.63, 3.8) is 0 Å². The minimum atomic E-state index is -0.763. The number of aliphatic hydroxyl groups excluding tert-OH is 1. The van der Waals surface area contributed by atoms with Crippen LogP contribution in [0.4, 0.5) is 4.39 Å². The summed E-state index contributed by atoms with van der Waals surface area (Å²) in [6, 6.07) is 6.11.